The molecule has 0 saturated heterocycles. The minimum atomic E-state index is -0.718. The largest absolute Gasteiger partial charge is 0.465 e. The van der Waals surface area contributed by atoms with Crippen LogP contribution >= 0.6 is 0 Å². The van der Waals surface area contributed by atoms with Crippen molar-refractivity contribution in [1.82, 2.24) is 0 Å². The zero-order valence-electron chi connectivity index (χ0n) is 5.81. The fourth-order valence-electron chi connectivity index (χ4n) is 0.398. The van der Waals surface area contributed by atoms with E-state index < -0.39 is 5.97 Å². The highest BCUT2D eigenvalue weighted by atomic mass is 16.5. The van der Waals surface area contributed by atoms with Gasteiger partial charge in [-0.25, -0.2) is 4.79 Å². The molecular formula is C6H6N2O3. The van der Waals surface area contributed by atoms with E-state index in [9.17, 15) is 4.79 Å². The van der Waals surface area contributed by atoms with E-state index in [4.69, 9.17) is 10.5 Å². The van der Waals surface area contributed by atoms with Crippen LogP contribution in [0.15, 0.2) is 16.8 Å². The summed E-state index contributed by atoms with van der Waals surface area (Å²) in [5.41, 5.74) is -0.0995. The minimum Gasteiger partial charge on any atom is -0.465 e. The van der Waals surface area contributed by atoms with E-state index in [1.807, 2.05) is 0 Å². The Balaban J connectivity index is 4.50. The molecule has 0 saturated carbocycles. The molecule has 0 aliphatic heterocycles. The first-order valence-corrected chi connectivity index (χ1v) is 2.61. The van der Waals surface area contributed by atoms with Crippen molar-refractivity contribution in [3.05, 3.63) is 11.6 Å². The number of ether oxygens (including phenoxy) is 1. The normalized spacial score (nSPS) is 11.1. The number of hydrogen-bond donors (Lipinski definition) is 1. The molecule has 0 rings (SSSR count). The lowest BCUT2D eigenvalue weighted by atomic mass is 10.3. The molecule has 0 aliphatic rings. The maximum Gasteiger partial charge on any atom is 0.340 e. The molecule has 0 spiro atoms. The Morgan fingerprint density at radius 3 is 2.82 bits per heavy atom. The summed E-state index contributed by atoms with van der Waals surface area (Å²) in [7, 11) is 1.17. The van der Waals surface area contributed by atoms with E-state index >= 15 is 0 Å². The van der Waals surface area contributed by atoms with Crippen LogP contribution in [-0.4, -0.2) is 24.5 Å². The summed E-state index contributed by atoms with van der Waals surface area (Å²) in [6.07, 6.45) is 1.75. The summed E-state index contributed by atoms with van der Waals surface area (Å²) < 4.78 is 4.26. The zero-order valence-corrected chi connectivity index (χ0v) is 5.81. The van der Waals surface area contributed by atoms with Crippen molar-refractivity contribution in [2.24, 2.45) is 5.16 Å². The van der Waals surface area contributed by atoms with E-state index in [1.165, 1.54) is 7.11 Å². The summed E-state index contributed by atoms with van der Waals surface area (Å²) >= 11 is 0. The van der Waals surface area contributed by atoms with Gasteiger partial charge in [0.1, 0.15) is 0 Å². The number of methoxy groups -OCH3 is 1. The SMILES string of the molecule is COC(=O)C(=C\C#N)/C=N/O. The van der Waals surface area contributed by atoms with Crippen LogP contribution in [-0.2, 0) is 9.53 Å². The molecule has 0 atom stereocenters. The maximum atomic E-state index is 10.6. The van der Waals surface area contributed by atoms with Gasteiger partial charge in [0.05, 0.1) is 25.0 Å². The van der Waals surface area contributed by atoms with Crippen LogP contribution in [0.3, 0.4) is 0 Å². The molecule has 5 heteroatoms. The zero-order chi connectivity index (χ0) is 8.69. The first-order chi connectivity index (χ1) is 5.26. The van der Waals surface area contributed by atoms with Crippen molar-refractivity contribution < 1.29 is 14.7 Å². The van der Waals surface area contributed by atoms with Gasteiger partial charge in [0.25, 0.3) is 0 Å². The van der Waals surface area contributed by atoms with Crippen molar-refractivity contribution in [1.29, 1.82) is 5.26 Å². The minimum absolute atomic E-state index is 0.0995. The van der Waals surface area contributed by atoms with Crippen molar-refractivity contribution >= 4 is 12.2 Å². The average molecular weight is 154 g/mol. The lowest BCUT2D eigenvalue weighted by Gasteiger charge is -1.93. The Labute approximate surface area is 63.2 Å². The monoisotopic (exact) mass is 154 g/mol. The number of carbonyl (C=O) groups excluding carboxylic acids is 1. The Kier molecular flexibility index (Phi) is 4.16. The third-order valence-corrected chi connectivity index (χ3v) is 0.838. The third kappa shape index (κ3) is 3.01. The summed E-state index contributed by atoms with van der Waals surface area (Å²) in [6, 6.07) is 1.60. The molecule has 0 radical (unpaired) electrons. The van der Waals surface area contributed by atoms with E-state index in [-0.39, 0.29) is 5.57 Å². The fourth-order valence-corrected chi connectivity index (χ4v) is 0.398. The molecule has 0 aliphatic carbocycles. The second-order valence-corrected chi connectivity index (χ2v) is 1.46. The van der Waals surface area contributed by atoms with Gasteiger partial charge in [-0.1, -0.05) is 5.16 Å². The highest BCUT2D eigenvalue weighted by Gasteiger charge is 2.05. The second kappa shape index (κ2) is 4.99. The van der Waals surface area contributed by atoms with Crippen LogP contribution < -0.4 is 0 Å². The van der Waals surface area contributed by atoms with Gasteiger partial charge in [-0.2, -0.15) is 5.26 Å². The van der Waals surface area contributed by atoms with E-state index in [0.717, 1.165) is 12.3 Å². The molecule has 0 aromatic carbocycles. The summed E-state index contributed by atoms with van der Waals surface area (Å²) in [5, 5.41) is 18.7. The van der Waals surface area contributed by atoms with E-state index in [0.29, 0.717) is 0 Å². The van der Waals surface area contributed by atoms with Crippen molar-refractivity contribution in [2.75, 3.05) is 7.11 Å². The number of esters is 1. The Morgan fingerprint density at radius 1 is 1.82 bits per heavy atom. The molecule has 0 aromatic heterocycles. The number of allylic oxidation sites excluding steroid dienone is 1. The predicted octanol–water partition coefficient (Wildman–Crippen LogP) is 0.0694. The highest BCUT2D eigenvalue weighted by Crippen LogP contribution is 1.92. The average Bonchev–Trinajstić information content (AvgIpc) is 2.03. The van der Waals surface area contributed by atoms with Gasteiger partial charge in [-0.3, -0.25) is 0 Å². The Hall–Kier alpha value is -1.83. The molecule has 11 heavy (non-hydrogen) atoms. The Morgan fingerprint density at radius 2 is 2.45 bits per heavy atom. The number of rotatable bonds is 2. The molecular weight excluding hydrogens is 148 g/mol. The van der Waals surface area contributed by atoms with Crippen LogP contribution in [0.4, 0.5) is 0 Å². The van der Waals surface area contributed by atoms with Crippen molar-refractivity contribution in [3.63, 3.8) is 0 Å². The fraction of sp³-hybridized carbons (Fsp3) is 0.167. The number of nitrogens with zero attached hydrogens (tertiary/aromatic N) is 2. The van der Waals surface area contributed by atoms with Crippen LogP contribution in [0.5, 0.6) is 0 Å². The number of hydrogen-bond acceptors (Lipinski definition) is 5. The molecule has 0 fully saturated rings. The molecule has 0 heterocycles. The number of nitriles is 1. The van der Waals surface area contributed by atoms with Gasteiger partial charge in [0.2, 0.25) is 0 Å². The van der Waals surface area contributed by atoms with E-state index in [2.05, 4.69) is 9.89 Å². The first kappa shape index (κ1) is 9.17. The van der Waals surface area contributed by atoms with Gasteiger partial charge in [-0.15, -0.1) is 0 Å². The molecule has 58 valence electrons. The maximum absolute atomic E-state index is 10.6. The van der Waals surface area contributed by atoms with Crippen molar-refractivity contribution in [3.8, 4) is 6.07 Å². The predicted molar refractivity (Wildman–Crippen MR) is 36.0 cm³/mol. The van der Waals surface area contributed by atoms with Gasteiger partial charge >= 0.3 is 5.97 Å². The third-order valence-electron chi connectivity index (χ3n) is 0.838. The quantitative estimate of drug-likeness (QED) is 0.152. The van der Waals surface area contributed by atoms with Crippen LogP contribution in [0, 0.1) is 11.3 Å². The molecule has 0 bridgehead atoms. The Bertz CT molecular complexity index is 237. The van der Waals surface area contributed by atoms with E-state index in [1.54, 1.807) is 6.07 Å². The molecule has 0 aromatic rings. The smallest absolute Gasteiger partial charge is 0.340 e. The second-order valence-electron chi connectivity index (χ2n) is 1.46. The summed E-state index contributed by atoms with van der Waals surface area (Å²) in [5.74, 6) is -0.718. The molecule has 0 unspecified atom stereocenters. The molecule has 0 amide bonds. The topological polar surface area (TPSA) is 82.7 Å². The van der Waals surface area contributed by atoms with Gasteiger partial charge in [-0.05, 0) is 0 Å². The standard InChI is InChI=1S/C6H6N2O3/c1-11-6(9)5(2-3-7)4-8-10/h2,4,10H,1H3/b5-2-,8-4+. The van der Waals surface area contributed by atoms with Gasteiger partial charge < -0.3 is 9.94 Å². The summed E-state index contributed by atoms with van der Waals surface area (Å²) in [4.78, 5) is 10.6. The van der Waals surface area contributed by atoms with Gasteiger partial charge in [0.15, 0.2) is 0 Å². The first-order valence-electron chi connectivity index (χ1n) is 2.61. The van der Waals surface area contributed by atoms with Crippen LogP contribution in [0.25, 0.3) is 0 Å². The highest BCUT2D eigenvalue weighted by molar-refractivity contribution is 6.09. The van der Waals surface area contributed by atoms with Crippen LogP contribution in [0.1, 0.15) is 0 Å². The lowest BCUT2D eigenvalue weighted by molar-refractivity contribution is -0.135. The van der Waals surface area contributed by atoms with Gasteiger partial charge in [0, 0.05) is 6.08 Å². The van der Waals surface area contributed by atoms with Crippen molar-refractivity contribution in [2.45, 2.75) is 0 Å². The number of oxime groups is 1. The summed E-state index contributed by atoms with van der Waals surface area (Å²) in [6.45, 7) is 0. The number of carbonyl (C=O) groups is 1. The van der Waals surface area contributed by atoms with Crippen LogP contribution in [0.2, 0.25) is 0 Å². The lowest BCUT2D eigenvalue weighted by Crippen LogP contribution is -2.05. The molecule has 5 nitrogen and oxygen atoms in total. The molecule has 1 N–H and O–H groups in total.